The number of nitrogens with one attached hydrogen (secondary N) is 1. The lowest BCUT2D eigenvalue weighted by Crippen LogP contribution is -2.27. The lowest BCUT2D eigenvalue weighted by molar-refractivity contribution is -0.120. The van der Waals surface area contributed by atoms with Crippen LogP contribution in [-0.4, -0.2) is 12.5 Å². The fraction of sp³-hybridized carbons (Fsp3) is 0.267. The van der Waals surface area contributed by atoms with Gasteiger partial charge in [0.15, 0.2) is 0 Å². The molecule has 1 aromatic heterocycles. The first-order valence-corrected chi connectivity index (χ1v) is 6.08. The van der Waals surface area contributed by atoms with Crippen LogP contribution in [0, 0.1) is 6.92 Å². The number of aryl methyl sites for hydroxylation is 1. The molecule has 18 heavy (non-hydrogen) atoms. The van der Waals surface area contributed by atoms with Crippen molar-refractivity contribution in [3.63, 3.8) is 0 Å². The van der Waals surface area contributed by atoms with Crippen molar-refractivity contribution in [3.05, 3.63) is 59.5 Å². The van der Waals surface area contributed by atoms with E-state index in [0.29, 0.717) is 13.0 Å². The molecule has 0 aliphatic rings. The average Bonchev–Trinajstić information content (AvgIpc) is 2.85. The molecule has 94 valence electrons. The summed E-state index contributed by atoms with van der Waals surface area (Å²) in [6.07, 6.45) is 2.80. The molecular weight excluding hydrogens is 226 g/mol. The van der Waals surface area contributed by atoms with E-state index in [-0.39, 0.29) is 5.91 Å². The third-order valence-electron chi connectivity index (χ3n) is 2.76. The van der Waals surface area contributed by atoms with E-state index in [4.69, 9.17) is 4.42 Å². The number of benzene rings is 1. The van der Waals surface area contributed by atoms with Gasteiger partial charge in [0.1, 0.15) is 5.76 Å². The summed E-state index contributed by atoms with van der Waals surface area (Å²) in [6, 6.07) is 11.8. The molecule has 0 spiro atoms. The van der Waals surface area contributed by atoms with Gasteiger partial charge in [0.2, 0.25) is 5.91 Å². The first kappa shape index (κ1) is 12.4. The third kappa shape index (κ3) is 3.77. The predicted octanol–water partition coefficient (Wildman–Crippen LogP) is 2.49. The molecule has 0 aliphatic heterocycles. The Morgan fingerprint density at radius 2 is 2.00 bits per heavy atom. The molecule has 1 heterocycles. The van der Waals surface area contributed by atoms with E-state index in [1.807, 2.05) is 43.3 Å². The van der Waals surface area contributed by atoms with E-state index in [1.54, 1.807) is 6.26 Å². The summed E-state index contributed by atoms with van der Waals surface area (Å²) in [5.41, 5.74) is 2.24. The second kappa shape index (κ2) is 6.05. The number of amides is 1. The maximum absolute atomic E-state index is 11.7. The molecule has 1 N–H and O–H groups in total. The quantitative estimate of drug-likeness (QED) is 0.876. The van der Waals surface area contributed by atoms with Gasteiger partial charge in [0, 0.05) is 13.0 Å². The summed E-state index contributed by atoms with van der Waals surface area (Å²) in [7, 11) is 0. The molecule has 0 aliphatic carbocycles. The van der Waals surface area contributed by atoms with Crippen LogP contribution in [0.2, 0.25) is 0 Å². The van der Waals surface area contributed by atoms with Gasteiger partial charge in [-0.15, -0.1) is 0 Å². The molecule has 0 atom stereocenters. The maximum atomic E-state index is 11.7. The Bertz CT molecular complexity index is 486. The lowest BCUT2D eigenvalue weighted by Gasteiger charge is -2.04. The van der Waals surface area contributed by atoms with Crippen LogP contribution in [-0.2, 0) is 17.6 Å². The number of hydrogen-bond acceptors (Lipinski definition) is 2. The minimum atomic E-state index is 0.0467. The van der Waals surface area contributed by atoms with Gasteiger partial charge in [0.05, 0.1) is 12.7 Å². The van der Waals surface area contributed by atoms with Crippen LogP contribution >= 0.6 is 0 Å². The molecule has 0 bridgehead atoms. The summed E-state index contributed by atoms with van der Waals surface area (Å²) in [4.78, 5) is 11.7. The fourth-order valence-electron chi connectivity index (χ4n) is 1.73. The molecule has 0 saturated carbocycles. The van der Waals surface area contributed by atoms with E-state index in [2.05, 4.69) is 5.32 Å². The van der Waals surface area contributed by atoms with Gasteiger partial charge < -0.3 is 9.73 Å². The maximum Gasteiger partial charge on any atom is 0.224 e. The van der Waals surface area contributed by atoms with Gasteiger partial charge >= 0.3 is 0 Å². The van der Waals surface area contributed by atoms with Gasteiger partial charge in [-0.2, -0.15) is 0 Å². The molecule has 0 fully saturated rings. The molecule has 0 radical (unpaired) electrons. The van der Waals surface area contributed by atoms with E-state index >= 15 is 0 Å². The van der Waals surface area contributed by atoms with Crippen molar-refractivity contribution in [1.82, 2.24) is 5.32 Å². The topological polar surface area (TPSA) is 42.2 Å². The smallest absolute Gasteiger partial charge is 0.224 e. The van der Waals surface area contributed by atoms with Crippen LogP contribution in [0.15, 0.2) is 47.1 Å². The Morgan fingerprint density at radius 1 is 1.22 bits per heavy atom. The molecule has 1 aromatic carbocycles. The highest BCUT2D eigenvalue weighted by Crippen LogP contribution is 2.04. The van der Waals surface area contributed by atoms with Crippen molar-refractivity contribution in [1.29, 1.82) is 0 Å². The number of rotatable bonds is 5. The Labute approximate surface area is 107 Å². The van der Waals surface area contributed by atoms with Gasteiger partial charge in [0.25, 0.3) is 0 Å². The van der Waals surface area contributed by atoms with Crippen molar-refractivity contribution >= 4 is 5.91 Å². The van der Waals surface area contributed by atoms with E-state index in [1.165, 1.54) is 5.56 Å². The number of carbonyl (C=O) groups is 1. The van der Waals surface area contributed by atoms with E-state index in [0.717, 1.165) is 17.7 Å². The number of furan rings is 1. The van der Waals surface area contributed by atoms with E-state index in [9.17, 15) is 4.79 Å². The van der Waals surface area contributed by atoms with Gasteiger partial charge in [-0.05, 0) is 24.6 Å². The molecule has 2 aromatic rings. The lowest BCUT2D eigenvalue weighted by atomic mass is 10.1. The Balaban J connectivity index is 1.73. The average molecular weight is 243 g/mol. The van der Waals surface area contributed by atoms with Crippen molar-refractivity contribution in [2.24, 2.45) is 0 Å². The van der Waals surface area contributed by atoms with Gasteiger partial charge in [-0.3, -0.25) is 4.79 Å². The first-order valence-electron chi connectivity index (χ1n) is 6.08. The van der Waals surface area contributed by atoms with Gasteiger partial charge in [-0.1, -0.05) is 29.8 Å². The molecule has 0 unspecified atom stereocenters. The highest BCUT2D eigenvalue weighted by molar-refractivity contribution is 5.78. The monoisotopic (exact) mass is 243 g/mol. The zero-order valence-corrected chi connectivity index (χ0v) is 10.5. The van der Waals surface area contributed by atoms with Crippen molar-refractivity contribution in [2.75, 3.05) is 6.54 Å². The summed E-state index contributed by atoms with van der Waals surface area (Å²) in [6.45, 7) is 2.64. The summed E-state index contributed by atoms with van der Waals surface area (Å²) < 4.78 is 5.20. The number of hydrogen-bond donors (Lipinski definition) is 1. The normalized spacial score (nSPS) is 10.3. The van der Waals surface area contributed by atoms with Crippen LogP contribution in [0.25, 0.3) is 0 Å². The fourth-order valence-corrected chi connectivity index (χ4v) is 1.73. The van der Waals surface area contributed by atoms with Crippen molar-refractivity contribution in [2.45, 2.75) is 19.8 Å². The van der Waals surface area contributed by atoms with Crippen LogP contribution in [0.1, 0.15) is 16.9 Å². The summed E-state index contributed by atoms with van der Waals surface area (Å²) in [5, 5.41) is 2.89. The van der Waals surface area contributed by atoms with Crippen LogP contribution in [0.4, 0.5) is 0 Å². The SMILES string of the molecule is Cc1ccc(CC(=O)NCCc2ccco2)cc1. The van der Waals surface area contributed by atoms with Crippen LogP contribution in [0.3, 0.4) is 0 Å². The zero-order chi connectivity index (χ0) is 12.8. The standard InChI is InChI=1S/C15H17NO2/c1-12-4-6-13(7-5-12)11-15(17)16-9-8-14-3-2-10-18-14/h2-7,10H,8-9,11H2,1H3,(H,16,17). The molecule has 2 rings (SSSR count). The largest absolute Gasteiger partial charge is 0.469 e. The minimum absolute atomic E-state index is 0.0467. The summed E-state index contributed by atoms with van der Waals surface area (Å²) >= 11 is 0. The Morgan fingerprint density at radius 3 is 2.67 bits per heavy atom. The zero-order valence-electron chi connectivity index (χ0n) is 10.5. The van der Waals surface area contributed by atoms with E-state index < -0.39 is 0 Å². The van der Waals surface area contributed by atoms with Crippen molar-refractivity contribution in [3.8, 4) is 0 Å². The van der Waals surface area contributed by atoms with Crippen LogP contribution in [0.5, 0.6) is 0 Å². The molecular formula is C15H17NO2. The Kier molecular flexibility index (Phi) is 4.18. The number of carbonyl (C=O) groups excluding carboxylic acids is 1. The second-order valence-electron chi connectivity index (χ2n) is 4.34. The molecule has 3 heteroatoms. The molecule has 3 nitrogen and oxygen atoms in total. The molecule has 0 saturated heterocycles. The summed E-state index contributed by atoms with van der Waals surface area (Å²) in [5.74, 6) is 0.941. The van der Waals surface area contributed by atoms with Crippen LogP contribution < -0.4 is 5.32 Å². The molecule has 1 amide bonds. The Hall–Kier alpha value is -2.03. The predicted molar refractivity (Wildman–Crippen MR) is 70.3 cm³/mol. The van der Waals surface area contributed by atoms with Crippen molar-refractivity contribution < 1.29 is 9.21 Å². The first-order chi connectivity index (χ1) is 8.74. The minimum Gasteiger partial charge on any atom is -0.469 e. The third-order valence-corrected chi connectivity index (χ3v) is 2.76. The van der Waals surface area contributed by atoms with Gasteiger partial charge in [-0.25, -0.2) is 0 Å². The second-order valence-corrected chi connectivity index (χ2v) is 4.34. The highest BCUT2D eigenvalue weighted by Gasteiger charge is 2.03. The highest BCUT2D eigenvalue weighted by atomic mass is 16.3.